The summed E-state index contributed by atoms with van der Waals surface area (Å²) in [6.45, 7) is 3.22. The first-order chi connectivity index (χ1) is 11.7. The number of hydrogen-bond donors (Lipinski definition) is 2. The van der Waals surface area contributed by atoms with Gasteiger partial charge in [-0.2, -0.15) is 0 Å². The monoisotopic (exact) mass is 469 g/mol. The summed E-state index contributed by atoms with van der Waals surface area (Å²) >= 11 is 1.67. The Balaban J connectivity index is 0.00000225. The molecule has 3 rings (SSSR count). The van der Waals surface area contributed by atoms with E-state index in [-0.39, 0.29) is 24.0 Å². The standard InChI is InChI=1S/C17H19N5OS.HI/c1-12-8-19-15(24-12)10-21-17(18-2)20-9-14-11-23-16(22-14)13-6-4-3-5-7-13;/h3-8,11H,9-10H2,1-2H3,(H2,18,20,21);1H. The highest BCUT2D eigenvalue weighted by atomic mass is 127. The van der Waals surface area contributed by atoms with E-state index in [2.05, 4.69) is 25.6 Å². The molecule has 0 aliphatic rings. The third kappa shape index (κ3) is 5.53. The number of halogens is 1. The Morgan fingerprint density at radius 1 is 1.20 bits per heavy atom. The lowest BCUT2D eigenvalue weighted by Gasteiger charge is -2.09. The van der Waals surface area contributed by atoms with Crippen LogP contribution in [0.25, 0.3) is 11.5 Å². The highest BCUT2D eigenvalue weighted by molar-refractivity contribution is 14.0. The molecule has 0 radical (unpaired) electrons. The number of hydrogen-bond acceptors (Lipinski definition) is 5. The van der Waals surface area contributed by atoms with Crippen molar-refractivity contribution in [2.24, 2.45) is 4.99 Å². The molecule has 1 aromatic carbocycles. The van der Waals surface area contributed by atoms with Gasteiger partial charge in [0.15, 0.2) is 5.96 Å². The molecule has 0 unspecified atom stereocenters. The first kappa shape index (κ1) is 19.4. The summed E-state index contributed by atoms with van der Waals surface area (Å²) < 4.78 is 5.53. The van der Waals surface area contributed by atoms with Crippen LogP contribution in [-0.4, -0.2) is 23.0 Å². The maximum Gasteiger partial charge on any atom is 0.226 e. The van der Waals surface area contributed by atoms with Gasteiger partial charge in [0.05, 0.1) is 18.8 Å². The SMILES string of the molecule is CN=C(NCc1coc(-c2ccccc2)n1)NCc1ncc(C)s1.I. The van der Waals surface area contributed by atoms with Gasteiger partial charge in [-0.25, -0.2) is 9.97 Å². The minimum atomic E-state index is 0. The number of aromatic nitrogens is 2. The summed E-state index contributed by atoms with van der Waals surface area (Å²) in [7, 11) is 1.74. The summed E-state index contributed by atoms with van der Waals surface area (Å²) in [4.78, 5) is 14.2. The molecule has 2 aromatic heterocycles. The van der Waals surface area contributed by atoms with E-state index in [4.69, 9.17) is 4.42 Å². The van der Waals surface area contributed by atoms with Crippen LogP contribution in [0.3, 0.4) is 0 Å². The highest BCUT2D eigenvalue weighted by Crippen LogP contribution is 2.17. The molecule has 3 aromatic rings. The third-order valence-electron chi connectivity index (χ3n) is 3.31. The zero-order valence-corrected chi connectivity index (χ0v) is 17.2. The fraction of sp³-hybridized carbons (Fsp3) is 0.235. The molecular weight excluding hydrogens is 449 g/mol. The molecule has 0 aliphatic carbocycles. The second-order valence-corrected chi connectivity index (χ2v) is 6.47. The van der Waals surface area contributed by atoms with Crippen molar-refractivity contribution in [3.8, 4) is 11.5 Å². The molecule has 0 saturated heterocycles. The number of benzene rings is 1. The molecule has 0 bridgehead atoms. The zero-order chi connectivity index (χ0) is 16.8. The van der Waals surface area contributed by atoms with Crippen molar-refractivity contribution in [2.75, 3.05) is 7.05 Å². The van der Waals surface area contributed by atoms with Crippen molar-refractivity contribution in [1.82, 2.24) is 20.6 Å². The number of guanidine groups is 1. The Kier molecular flexibility index (Phi) is 7.38. The Morgan fingerprint density at radius 2 is 1.96 bits per heavy atom. The third-order valence-corrected chi connectivity index (χ3v) is 4.22. The van der Waals surface area contributed by atoms with E-state index < -0.39 is 0 Å². The van der Waals surface area contributed by atoms with Gasteiger partial charge in [-0.05, 0) is 19.1 Å². The molecule has 2 heterocycles. The first-order valence-corrected chi connectivity index (χ1v) is 8.42. The van der Waals surface area contributed by atoms with E-state index in [1.165, 1.54) is 4.88 Å². The number of nitrogens with zero attached hydrogens (tertiary/aromatic N) is 3. The first-order valence-electron chi connectivity index (χ1n) is 7.60. The van der Waals surface area contributed by atoms with Gasteiger partial charge in [-0.3, -0.25) is 4.99 Å². The lowest BCUT2D eigenvalue weighted by molar-refractivity contribution is 0.572. The van der Waals surface area contributed by atoms with Crippen molar-refractivity contribution >= 4 is 41.3 Å². The van der Waals surface area contributed by atoms with Gasteiger partial charge in [0.1, 0.15) is 11.3 Å². The number of nitrogens with one attached hydrogen (secondary N) is 2. The Hall–Kier alpha value is -1.94. The molecule has 2 N–H and O–H groups in total. The number of oxazole rings is 1. The van der Waals surface area contributed by atoms with Gasteiger partial charge >= 0.3 is 0 Å². The largest absolute Gasteiger partial charge is 0.444 e. The normalized spacial score (nSPS) is 11.0. The fourth-order valence-corrected chi connectivity index (χ4v) is 2.87. The van der Waals surface area contributed by atoms with E-state index in [9.17, 15) is 0 Å². The number of aliphatic imine (C=N–C) groups is 1. The number of thiazole rings is 1. The summed E-state index contributed by atoms with van der Waals surface area (Å²) in [6.07, 6.45) is 3.53. The van der Waals surface area contributed by atoms with Crippen LogP contribution in [0.5, 0.6) is 0 Å². The minimum absolute atomic E-state index is 0. The molecule has 6 nitrogen and oxygen atoms in total. The Labute approximate surface area is 167 Å². The van der Waals surface area contributed by atoms with Crippen LogP contribution in [0.2, 0.25) is 0 Å². The number of aryl methyl sites for hydroxylation is 1. The Bertz CT molecular complexity index is 815. The average molecular weight is 469 g/mol. The van der Waals surface area contributed by atoms with Crippen molar-refractivity contribution in [1.29, 1.82) is 0 Å². The molecule has 132 valence electrons. The second-order valence-electron chi connectivity index (χ2n) is 5.15. The van der Waals surface area contributed by atoms with Crippen LogP contribution >= 0.6 is 35.3 Å². The van der Waals surface area contributed by atoms with E-state index in [0.717, 1.165) is 16.3 Å². The summed E-state index contributed by atoms with van der Waals surface area (Å²) in [5, 5.41) is 7.49. The molecule has 0 spiro atoms. The quantitative estimate of drug-likeness (QED) is 0.340. The van der Waals surface area contributed by atoms with E-state index in [0.29, 0.717) is 24.9 Å². The predicted molar refractivity (Wildman–Crippen MR) is 111 cm³/mol. The zero-order valence-electron chi connectivity index (χ0n) is 14.0. The van der Waals surface area contributed by atoms with E-state index in [1.807, 2.05) is 43.5 Å². The van der Waals surface area contributed by atoms with E-state index >= 15 is 0 Å². The fourth-order valence-electron chi connectivity index (χ4n) is 2.14. The van der Waals surface area contributed by atoms with Crippen LogP contribution in [0.15, 0.2) is 52.2 Å². The van der Waals surface area contributed by atoms with Gasteiger partial charge in [0.2, 0.25) is 5.89 Å². The van der Waals surface area contributed by atoms with E-state index in [1.54, 1.807) is 24.6 Å². The van der Waals surface area contributed by atoms with Crippen LogP contribution in [0.1, 0.15) is 15.6 Å². The van der Waals surface area contributed by atoms with Crippen LogP contribution < -0.4 is 10.6 Å². The lowest BCUT2D eigenvalue weighted by Crippen LogP contribution is -2.36. The molecule has 0 amide bonds. The summed E-state index contributed by atoms with van der Waals surface area (Å²) in [5.74, 6) is 1.32. The lowest BCUT2D eigenvalue weighted by atomic mass is 10.2. The van der Waals surface area contributed by atoms with Crippen molar-refractivity contribution in [3.05, 3.63) is 58.4 Å². The molecule has 0 atom stereocenters. The minimum Gasteiger partial charge on any atom is -0.444 e. The molecule has 8 heteroatoms. The second kappa shape index (κ2) is 9.52. The van der Waals surface area contributed by atoms with Crippen molar-refractivity contribution in [2.45, 2.75) is 20.0 Å². The van der Waals surface area contributed by atoms with Crippen LogP contribution in [-0.2, 0) is 13.1 Å². The summed E-state index contributed by atoms with van der Waals surface area (Å²) in [6, 6.07) is 9.83. The molecule has 0 fully saturated rings. The maximum atomic E-state index is 5.53. The van der Waals surface area contributed by atoms with Gasteiger partial charge < -0.3 is 15.1 Å². The van der Waals surface area contributed by atoms with Crippen LogP contribution in [0.4, 0.5) is 0 Å². The van der Waals surface area contributed by atoms with Gasteiger partial charge in [-0.1, -0.05) is 18.2 Å². The van der Waals surface area contributed by atoms with Gasteiger partial charge in [0.25, 0.3) is 0 Å². The van der Waals surface area contributed by atoms with Gasteiger partial charge in [-0.15, -0.1) is 35.3 Å². The highest BCUT2D eigenvalue weighted by Gasteiger charge is 2.07. The smallest absolute Gasteiger partial charge is 0.226 e. The van der Waals surface area contributed by atoms with Crippen molar-refractivity contribution in [3.63, 3.8) is 0 Å². The molecule has 25 heavy (non-hydrogen) atoms. The predicted octanol–water partition coefficient (Wildman–Crippen LogP) is 3.59. The Morgan fingerprint density at radius 3 is 2.64 bits per heavy atom. The average Bonchev–Trinajstić information content (AvgIpc) is 3.25. The summed E-state index contributed by atoms with van der Waals surface area (Å²) in [5.41, 5.74) is 1.78. The van der Waals surface area contributed by atoms with Crippen molar-refractivity contribution < 1.29 is 4.42 Å². The molecule has 0 saturated carbocycles. The number of rotatable bonds is 5. The molecule has 0 aliphatic heterocycles. The van der Waals surface area contributed by atoms with Gasteiger partial charge in [0, 0.05) is 23.7 Å². The topological polar surface area (TPSA) is 75.3 Å². The van der Waals surface area contributed by atoms with Crippen LogP contribution in [0, 0.1) is 6.92 Å². The molecular formula is C17H20IN5OS. The maximum absolute atomic E-state index is 5.53.